The highest BCUT2D eigenvalue weighted by atomic mass is 35.5. The number of methoxy groups -OCH3 is 2. The molecule has 4 rings (SSSR count). The van der Waals surface area contributed by atoms with E-state index in [9.17, 15) is 9.59 Å². The highest BCUT2D eigenvalue weighted by Gasteiger charge is 2.33. The number of nitrogens with zero attached hydrogens (tertiary/aromatic N) is 2. The summed E-state index contributed by atoms with van der Waals surface area (Å²) < 4.78 is 18.5. The van der Waals surface area contributed by atoms with Gasteiger partial charge in [-0.15, -0.1) is 0 Å². The van der Waals surface area contributed by atoms with Gasteiger partial charge in [-0.1, -0.05) is 60.0 Å². The maximum atomic E-state index is 13.7. The normalized spacial score (nSPS) is 15.3. The molecule has 0 spiro atoms. The van der Waals surface area contributed by atoms with Crippen LogP contribution in [0.15, 0.2) is 57.5 Å². The number of aromatic nitrogens is 1. The molecule has 0 radical (unpaired) electrons. The van der Waals surface area contributed by atoms with E-state index in [4.69, 9.17) is 37.4 Å². The van der Waals surface area contributed by atoms with E-state index >= 15 is 0 Å². The zero-order valence-electron chi connectivity index (χ0n) is 20.8. The number of carbonyl (C=O) groups excluding carboxylic acids is 1. The van der Waals surface area contributed by atoms with Crippen LogP contribution in [-0.2, 0) is 9.53 Å². The molecule has 1 aliphatic rings. The van der Waals surface area contributed by atoms with Crippen molar-refractivity contribution in [3.05, 3.63) is 88.5 Å². The number of hydrogen-bond acceptors (Lipinski definition) is 7. The van der Waals surface area contributed by atoms with Gasteiger partial charge >= 0.3 is 5.97 Å². The van der Waals surface area contributed by atoms with Gasteiger partial charge in [-0.05, 0) is 54.8 Å². The Hall–Kier alpha value is -3.07. The molecule has 0 N–H and O–H groups in total. The third-order valence-corrected chi connectivity index (χ3v) is 7.48. The van der Waals surface area contributed by atoms with Crippen molar-refractivity contribution in [1.29, 1.82) is 0 Å². The summed E-state index contributed by atoms with van der Waals surface area (Å²) in [6, 6.07) is 9.68. The third kappa shape index (κ3) is 5.46. The van der Waals surface area contributed by atoms with Crippen LogP contribution in [-0.4, -0.2) is 31.4 Å². The fourth-order valence-corrected chi connectivity index (χ4v) is 5.57. The van der Waals surface area contributed by atoms with E-state index in [-0.39, 0.29) is 11.1 Å². The highest BCUT2D eigenvalue weighted by Crippen LogP contribution is 2.36. The average molecular weight is 561 g/mol. The Morgan fingerprint density at radius 3 is 2.62 bits per heavy atom. The lowest BCUT2D eigenvalue weighted by atomic mass is 9.95. The first-order chi connectivity index (χ1) is 17.8. The minimum absolute atomic E-state index is 0.271. The van der Waals surface area contributed by atoms with Gasteiger partial charge in [0.2, 0.25) is 0 Å². The van der Waals surface area contributed by atoms with E-state index in [0.29, 0.717) is 54.3 Å². The smallest absolute Gasteiger partial charge is 0.338 e. The Bertz CT molecular complexity index is 1560. The van der Waals surface area contributed by atoms with Crippen molar-refractivity contribution in [2.45, 2.75) is 32.7 Å². The van der Waals surface area contributed by atoms with Gasteiger partial charge in [0.25, 0.3) is 5.56 Å². The van der Waals surface area contributed by atoms with Crippen molar-refractivity contribution < 1.29 is 19.0 Å². The second kappa shape index (κ2) is 11.5. The molecule has 2 aromatic carbocycles. The summed E-state index contributed by atoms with van der Waals surface area (Å²) in [6.07, 6.45) is 3.61. The van der Waals surface area contributed by atoms with Crippen molar-refractivity contribution >= 4 is 46.6 Å². The first-order valence-corrected chi connectivity index (χ1v) is 13.2. The molecule has 0 saturated carbocycles. The first kappa shape index (κ1) is 27.0. The fraction of sp³-hybridized carbons (Fsp3) is 0.296. The van der Waals surface area contributed by atoms with E-state index in [2.05, 4.69) is 11.9 Å². The first-order valence-electron chi connectivity index (χ1n) is 11.7. The molecule has 3 aromatic rings. The number of hydrogen-bond donors (Lipinski definition) is 0. The minimum atomic E-state index is -0.773. The van der Waals surface area contributed by atoms with Crippen molar-refractivity contribution in [2.24, 2.45) is 4.99 Å². The van der Waals surface area contributed by atoms with Crippen LogP contribution >= 0.6 is 34.5 Å². The second-order valence-electron chi connectivity index (χ2n) is 8.35. The number of ether oxygens (including phenoxy) is 3. The van der Waals surface area contributed by atoms with Gasteiger partial charge in [-0.3, -0.25) is 9.36 Å². The lowest BCUT2D eigenvalue weighted by molar-refractivity contribution is -0.136. The number of halogens is 2. The van der Waals surface area contributed by atoms with E-state index in [0.717, 1.165) is 12.8 Å². The summed E-state index contributed by atoms with van der Waals surface area (Å²) in [7, 11) is 2.86. The third-order valence-electron chi connectivity index (χ3n) is 5.93. The maximum Gasteiger partial charge on any atom is 0.338 e. The quantitative estimate of drug-likeness (QED) is 0.289. The summed E-state index contributed by atoms with van der Waals surface area (Å²) >= 11 is 13.6. The number of carbonyl (C=O) groups is 1. The molecule has 1 aliphatic heterocycles. The summed E-state index contributed by atoms with van der Waals surface area (Å²) in [6.45, 7) is 4.37. The molecule has 0 bridgehead atoms. The number of esters is 1. The van der Waals surface area contributed by atoms with E-state index in [1.807, 2.05) is 6.07 Å². The summed E-state index contributed by atoms with van der Waals surface area (Å²) in [5.74, 6) is 0.524. The van der Waals surface area contributed by atoms with Crippen LogP contribution in [0.5, 0.6) is 11.5 Å². The number of thiazole rings is 1. The SMILES string of the molecule is CCCCOc1ccc(C2C(C(=O)OC)=C(C)N=c3s/c(=C\c4ccc(Cl)cc4Cl)c(=O)n32)cc1OC. The Balaban J connectivity index is 1.90. The van der Waals surface area contributed by atoms with Crippen molar-refractivity contribution in [2.75, 3.05) is 20.8 Å². The molecular formula is C27H26Cl2N2O5S. The molecule has 2 heterocycles. The zero-order valence-corrected chi connectivity index (χ0v) is 23.2. The molecular weight excluding hydrogens is 535 g/mol. The van der Waals surface area contributed by atoms with E-state index < -0.39 is 12.0 Å². The molecule has 1 aromatic heterocycles. The lowest BCUT2D eigenvalue weighted by Gasteiger charge is -2.25. The topological polar surface area (TPSA) is 79.1 Å². The van der Waals surface area contributed by atoms with Gasteiger partial charge in [-0.2, -0.15) is 0 Å². The Morgan fingerprint density at radius 2 is 1.95 bits per heavy atom. The molecule has 7 nitrogen and oxygen atoms in total. The van der Waals surface area contributed by atoms with Crippen LogP contribution in [0.1, 0.15) is 43.9 Å². The van der Waals surface area contributed by atoms with E-state index in [1.165, 1.54) is 23.0 Å². The van der Waals surface area contributed by atoms with Gasteiger partial charge in [-0.25, -0.2) is 9.79 Å². The van der Waals surface area contributed by atoms with Crippen LogP contribution < -0.4 is 24.4 Å². The van der Waals surface area contributed by atoms with Crippen LogP contribution in [0.4, 0.5) is 0 Å². The average Bonchev–Trinajstić information content (AvgIpc) is 3.19. The largest absolute Gasteiger partial charge is 0.493 e. The number of allylic oxidation sites excluding steroid dienone is 1. The Labute approximate surface area is 228 Å². The zero-order chi connectivity index (χ0) is 26.7. The minimum Gasteiger partial charge on any atom is -0.493 e. The van der Waals surface area contributed by atoms with Gasteiger partial charge in [0, 0.05) is 10.0 Å². The van der Waals surface area contributed by atoms with Crippen molar-refractivity contribution in [3.8, 4) is 11.5 Å². The summed E-state index contributed by atoms with van der Waals surface area (Å²) in [5, 5.41) is 0.919. The van der Waals surface area contributed by atoms with Gasteiger partial charge in [0.1, 0.15) is 0 Å². The molecule has 1 atom stereocenters. The van der Waals surface area contributed by atoms with Crippen LogP contribution in [0.3, 0.4) is 0 Å². The second-order valence-corrected chi connectivity index (χ2v) is 10.2. The van der Waals surface area contributed by atoms with Gasteiger partial charge in [0.05, 0.1) is 42.7 Å². The fourth-order valence-electron chi connectivity index (χ4n) is 4.07. The number of fused-ring (bicyclic) bond motifs is 1. The maximum absolute atomic E-state index is 13.7. The van der Waals surface area contributed by atoms with Crippen LogP contribution in [0.2, 0.25) is 10.0 Å². The molecule has 0 fully saturated rings. The predicted molar refractivity (Wildman–Crippen MR) is 146 cm³/mol. The van der Waals surface area contributed by atoms with Crippen molar-refractivity contribution in [3.63, 3.8) is 0 Å². The van der Waals surface area contributed by atoms with Crippen LogP contribution in [0.25, 0.3) is 6.08 Å². The highest BCUT2D eigenvalue weighted by molar-refractivity contribution is 7.07. The van der Waals surface area contributed by atoms with Crippen LogP contribution in [0, 0.1) is 0 Å². The molecule has 10 heteroatoms. The Kier molecular flexibility index (Phi) is 8.42. The molecule has 0 saturated heterocycles. The molecule has 1 unspecified atom stereocenters. The monoisotopic (exact) mass is 560 g/mol. The molecule has 194 valence electrons. The summed E-state index contributed by atoms with van der Waals surface area (Å²) in [5.41, 5.74) is 1.73. The molecule has 0 amide bonds. The Morgan fingerprint density at radius 1 is 1.16 bits per heavy atom. The summed E-state index contributed by atoms with van der Waals surface area (Å²) in [4.78, 5) is 31.7. The lowest BCUT2D eigenvalue weighted by Crippen LogP contribution is -2.39. The number of rotatable bonds is 8. The number of unbranched alkanes of at least 4 members (excludes halogenated alkanes) is 1. The standard InChI is InChI=1S/C27H26Cl2N2O5S/c1-5-6-11-36-20-10-8-17(12-21(20)34-3)24-23(26(33)35-4)15(2)30-27-31(24)25(32)22(37-27)13-16-7-9-18(28)14-19(16)29/h7-10,12-14,24H,5-6,11H2,1-4H3/b22-13-. The predicted octanol–water partition coefficient (Wildman–Crippen LogP) is 4.90. The van der Waals surface area contributed by atoms with Crippen molar-refractivity contribution in [1.82, 2.24) is 4.57 Å². The molecule has 37 heavy (non-hydrogen) atoms. The van der Waals surface area contributed by atoms with E-state index in [1.54, 1.807) is 50.4 Å². The van der Waals surface area contributed by atoms with Gasteiger partial charge in [0.15, 0.2) is 16.3 Å². The van der Waals surface area contributed by atoms with Gasteiger partial charge < -0.3 is 14.2 Å². The molecule has 0 aliphatic carbocycles. The number of benzene rings is 2.